The molecule has 1 N–H and O–H groups in total. The van der Waals surface area contributed by atoms with Crippen LogP contribution in [0.4, 0.5) is 0 Å². The normalized spacial score (nSPS) is 34.8. The summed E-state index contributed by atoms with van der Waals surface area (Å²) in [5.74, 6) is 0. The molecule has 12 heavy (non-hydrogen) atoms. The Balaban J connectivity index is 0.000000605. The number of fused-ring (bicyclic) bond motifs is 1. The molecule has 0 spiro atoms. The minimum Gasteiger partial charge on any atom is -0.311 e. The molecular formula is C8H18Cl2N2. The van der Waals surface area contributed by atoms with Crippen LogP contribution in [0.3, 0.4) is 0 Å². The zero-order chi connectivity index (χ0) is 6.97. The lowest BCUT2D eigenvalue weighted by Gasteiger charge is -2.34. The molecular weight excluding hydrogens is 195 g/mol. The van der Waals surface area contributed by atoms with Gasteiger partial charge in [0.25, 0.3) is 0 Å². The molecule has 2 saturated heterocycles. The van der Waals surface area contributed by atoms with Crippen molar-refractivity contribution >= 4 is 24.8 Å². The molecule has 0 aromatic heterocycles. The first-order valence-electron chi connectivity index (χ1n) is 4.33. The molecule has 74 valence electrons. The highest BCUT2D eigenvalue weighted by Crippen LogP contribution is 2.19. The van der Waals surface area contributed by atoms with Crippen LogP contribution >= 0.6 is 24.8 Å². The minimum atomic E-state index is 0. The van der Waals surface area contributed by atoms with Crippen molar-refractivity contribution in [2.45, 2.75) is 31.8 Å². The van der Waals surface area contributed by atoms with E-state index in [0.29, 0.717) is 6.04 Å². The summed E-state index contributed by atoms with van der Waals surface area (Å²) in [6, 6.07) is 1.59. The fourth-order valence-electron chi connectivity index (χ4n) is 2.12. The molecule has 0 aromatic carbocycles. The van der Waals surface area contributed by atoms with E-state index in [-0.39, 0.29) is 24.8 Å². The van der Waals surface area contributed by atoms with Crippen molar-refractivity contribution in [3.63, 3.8) is 0 Å². The van der Waals surface area contributed by atoms with Crippen molar-refractivity contribution in [3.05, 3.63) is 0 Å². The van der Waals surface area contributed by atoms with Crippen LogP contribution in [-0.4, -0.2) is 36.6 Å². The van der Waals surface area contributed by atoms with E-state index in [9.17, 15) is 0 Å². The van der Waals surface area contributed by atoms with Crippen LogP contribution in [0.25, 0.3) is 0 Å². The largest absolute Gasteiger partial charge is 0.311 e. The zero-order valence-electron chi connectivity index (χ0n) is 7.45. The first kappa shape index (κ1) is 12.5. The molecule has 2 fully saturated rings. The highest BCUT2D eigenvalue weighted by atomic mass is 35.5. The molecule has 4 heteroatoms. The van der Waals surface area contributed by atoms with Gasteiger partial charge in [0.05, 0.1) is 0 Å². The number of hydrogen-bond acceptors (Lipinski definition) is 2. The summed E-state index contributed by atoms with van der Waals surface area (Å²) in [7, 11) is 0. The number of nitrogens with one attached hydrogen (secondary N) is 1. The van der Waals surface area contributed by atoms with Gasteiger partial charge in [0.15, 0.2) is 0 Å². The van der Waals surface area contributed by atoms with Gasteiger partial charge >= 0.3 is 0 Å². The number of halogens is 2. The molecule has 0 radical (unpaired) electrons. The van der Waals surface area contributed by atoms with Gasteiger partial charge in [-0.2, -0.15) is 0 Å². The lowest BCUT2D eigenvalue weighted by atomic mass is 10.1. The van der Waals surface area contributed by atoms with Crippen molar-refractivity contribution in [1.82, 2.24) is 10.2 Å². The monoisotopic (exact) mass is 212 g/mol. The molecule has 2 atom stereocenters. The average molecular weight is 213 g/mol. The highest BCUT2D eigenvalue weighted by Gasteiger charge is 2.28. The fourth-order valence-corrected chi connectivity index (χ4v) is 2.12. The Morgan fingerprint density at radius 1 is 1.33 bits per heavy atom. The molecule has 0 unspecified atom stereocenters. The SMILES string of the molecule is C[C@@H]1CN2CCC[C@@H]2CN1.Cl.Cl. The second kappa shape index (κ2) is 5.28. The molecule has 2 nitrogen and oxygen atoms in total. The van der Waals surface area contributed by atoms with Crippen molar-refractivity contribution in [1.29, 1.82) is 0 Å². The van der Waals surface area contributed by atoms with Gasteiger partial charge in [-0.15, -0.1) is 24.8 Å². The fraction of sp³-hybridized carbons (Fsp3) is 1.00. The van der Waals surface area contributed by atoms with E-state index in [1.807, 2.05) is 0 Å². The summed E-state index contributed by atoms with van der Waals surface area (Å²) in [6.45, 7) is 6.11. The van der Waals surface area contributed by atoms with Crippen molar-refractivity contribution in [3.8, 4) is 0 Å². The summed E-state index contributed by atoms with van der Waals surface area (Å²) < 4.78 is 0. The van der Waals surface area contributed by atoms with Crippen molar-refractivity contribution < 1.29 is 0 Å². The lowest BCUT2D eigenvalue weighted by molar-refractivity contribution is 0.180. The first-order valence-corrected chi connectivity index (χ1v) is 4.33. The van der Waals surface area contributed by atoms with E-state index >= 15 is 0 Å². The Kier molecular flexibility index (Phi) is 5.50. The standard InChI is InChI=1S/C8H16N2.2ClH/c1-7-6-10-4-2-3-8(10)5-9-7;;/h7-9H,2-6H2,1H3;2*1H/t7-,8-;;/m1../s1. The summed E-state index contributed by atoms with van der Waals surface area (Å²) in [6.07, 6.45) is 2.83. The first-order chi connectivity index (χ1) is 4.86. The van der Waals surface area contributed by atoms with Gasteiger partial charge in [-0.25, -0.2) is 0 Å². The molecule has 2 rings (SSSR count). The van der Waals surface area contributed by atoms with Crippen LogP contribution < -0.4 is 5.32 Å². The minimum absolute atomic E-state index is 0. The molecule has 0 aromatic rings. The van der Waals surface area contributed by atoms with Gasteiger partial charge in [0, 0.05) is 25.2 Å². The summed E-state index contributed by atoms with van der Waals surface area (Å²) in [4.78, 5) is 2.63. The van der Waals surface area contributed by atoms with Crippen LogP contribution in [-0.2, 0) is 0 Å². The van der Waals surface area contributed by atoms with Crippen LogP contribution in [0, 0.1) is 0 Å². The average Bonchev–Trinajstić information content (AvgIpc) is 2.33. The Labute approximate surface area is 86.9 Å². The number of hydrogen-bond donors (Lipinski definition) is 1. The van der Waals surface area contributed by atoms with E-state index in [0.717, 1.165) is 6.04 Å². The molecule has 0 saturated carbocycles. The second-order valence-corrected chi connectivity index (χ2v) is 3.60. The van der Waals surface area contributed by atoms with E-state index < -0.39 is 0 Å². The molecule has 2 heterocycles. The zero-order valence-corrected chi connectivity index (χ0v) is 9.09. The van der Waals surface area contributed by atoms with Crippen LogP contribution in [0.1, 0.15) is 19.8 Å². The number of rotatable bonds is 0. The van der Waals surface area contributed by atoms with Gasteiger partial charge in [0.2, 0.25) is 0 Å². The summed E-state index contributed by atoms with van der Waals surface area (Å²) in [5.41, 5.74) is 0. The maximum Gasteiger partial charge on any atom is 0.0221 e. The van der Waals surface area contributed by atoms with Gasteiger partial charge in [0.1, 0.15) is 0 Å². The van der Waals surface area contributed by atoms with Gasteiger partial charge < -0.3 is 5.32 Å². The van der Waals surface area contributed by atoms with Crippen LogP contribution in [0.5, 0.6) is 0 Å². The Morgan fingerprint density at radius 2 is 2.08 bits per heavy atom. The smallest absolute Gasteiger partial charge is 0.0221 e. The Bertz CT molecular complexity index is 132. The number of nitrogens with zero attached hydrogens (tertiary/aromatic N) is 1. The maximum absolute atomic E-state index is 3.51. The van der Waals surface area contributed by atoms with E-state index in [1.165, 1.54) is 32.5 Å². The predicted molar refractivity (Wildman–Crippen MR) is 56.6 cm³/mol. The lowest BCUT2D eigenvalue weighted by Crippen LogP contribution is -2.52. The molecule has 0 aliphatic carbocycles. The van der Waals surface area contributed by atoms with E-state index in [1.54, 1.807) is 0 Å². The number of piperazine rings is 1. The van der Waals surface area contributed by atoms with Crippen LogP contribution in [0.15, 0.2) is 0 Å². The molecule has 2 aliphatic heterocycles. The molecule has 0 bridgehead atoms. The summed E-state index contributed by atoms with van der Waals surface area (Å²) >= 11 is 0. The third-order valence-electron chi connectivity index (χ3n) is 2.71. The maximum atomic E-state index is 3.51. The predicted octanol–water partition coefficient (Wildman–Crippen LogP) is 1.29. The van der Waals surface area contributed by atoms with E-state index in [2.05, 4.69) is 17.1 Å². The third kappa shape index (κ3) is 2.49. The second-order valence-electron chi connectivity index (χ2n) is 3.60. The van der Waals surface area contributed by atoms with Crippen molar-refractivity contribution in [2.75, 3.05) is 19.6 Å². The topological polar surface area (TPSA) is 15.3 Å². The third-order valence-corrected chi connectivity index (χ3v) is 2.71. The van der Waals surface area contributed by atoms with Gasteiger partial charge in [-0.1, -0.05) is 0 Å². The van der Waals surface area contributed by atoms with E-state index in [4.69, 9.17) is 0 Å². The van der Waals surface area contributed by atoms with Gasteiger partial charge in [-0.05, 0) is 26.3 Å². The van der Waals surface area contributed by atoms with Crippen LogP contribution in [0.2, 0.25) is 0 Å². The van der Waals surface area contributed by atoms with Crippen molar-refractivity contribution in [2.24, 2.45) is 0 Å². The quantitative estimate of drug-likeness (QED) is 0.652. The Morgan fingerprint density at radius 3 is 2.83 bits per heavy atom. The highest BCUT2D eigenvalue weighted by molar-refractivity contribution is 5.85. The molecule has 0 amide bonds. The van der Waals surface area contributed by atoms with Gasteiger partial charge in [-0.3, -0.25) is 4.90 Å². The summed E-state index contributed by atoms with van der Waals surface area (Å²) in [5, 5.41) is 3.51. The molecule has 2 aliphatic rings. The Hall–Kier alpha value is 0.500.